The molecular weight excluding hydrogens is 218 g/mol. The number of nitrogens with zero attached hydrogens (tertiary/aromatic N) is 1. The van der Waals surface area contributed by atoms with Crippen molar-refractivity contribution >= 4 is 11.8 Å². The smallest absolute Gasteiger partial charge is 0.246 e. The Kier molecular flexibility index (Phi) is 6.20. The molecule has 4 N–H and O–H groups in total. The third kappa shape index (κ3) is 4.82. The summed E-state index contributed by atoms with van der Waals surface area (Å²) in [5, 5.41) is 0. The zero-order valence-electron chi connectivity index (χ0n) is 10.9. The Morgan fingerprint density at radius 2 is 1.71 bits per heavy atom. The minimum absolute atomic E-state index is 0.0653. The van der Waals surface area contributed by atoms with Crippen molar-refractivity contribution in [3.05, 3.63) is 23.3 Å². The summed E-state index contributed by atoms with van der Waals surface area (Å²) < 4.78 is 0. The Morgan fingerprint density at radius 3 is 2.00 bits per heavy atom. The SMILES string of the molecule is CCC(/C(=C/C=C(\C)C(N)=O)C(N)=O)N(C)C. The Bertz CT molecular complexity index is 357. The average molecular weight is 239 g/mol. The van der Waals surface area contributed by atoms with E-state index in [9.17, 15) is 9.59 Å². The van der Waals surface area contributed by atoms with Crippen LogP contribution in [0.5, 0.6) is 0 Å². The van der Waals surface area contributed by atoms with Gasteiger partial charge in [0.15, 0.2) is 0 Å². The maximum absolute atomic E-state index is 11.4. The second kappa shape index (κ2) is 6.85. The number of primary amides is 2. The highest BCUT2D eigenvalue weighted by Crippen LogP contribution is 2.12. The fourth-order valence-electron chi connectivity index (χ4n) is 1.52. The predicted octanol–water partition coefficient (Wildman–Crippen LogP) is 0.170. The van der Waals surface area contributed by atoms with Crippen LogP contribution in [-0.2, 0) is 9.59 Å². The molecule has 0 radical (unpaired) electrons. The first-order valence-electron chi connectivity index (χ1n) is 5.45. The van der Waals surface area contributed by atoms with E-state index < -0.39 is 11.8 Å². The minimum atomic E-state index is -0.511. The number of allylic oxidation sites excluding steroid dienone is 2. The molecule has 0 aromatic rings. The van der Waals surface area contributed by atoms with Gasteiger partial charge in [0, 0.05) is 17.2 Å². The van der Waals surface area contributed by atoms with Crippen molar-refractivity contribution in [1.29, 1.82) is 0 Å². The summed E-state index contributed by atoms with van der Waals surface area (Å²) in [5.41, 5.74) is 11.3. The fraction of sp³-hybridized carbons (Fsp3) is 0.500. The molecule has 17 heavy (non-hydrogen) atoms. The molecule has 0 saturated heterocycles. The van der Waals surface area contributed by atoms with Gasteiger partial charge in [-0.3, -0.25) is 9.59 Å². The fourth-order valence-corrected chi connectivity index (χ4v) is 1.52. The molecular formula is C12H21N3O2. The Labute approximate surface area is 102 Å². The summed E-state index contributed by atoms with van der Waals surface area (Å²) in [6, 6.07) is -0.0653. The minimum Gasteiger partial charge on any atom is -0.366 e. The molecule has 96 valence electrons. The normalized spacial score (nSPS) is 14.9. The van der Waals surface area contributed by atoms with Crippen molar-refractivity contribution in [2.45, 2.75) is 26.3 Å². The van der Waals surface area contributed by atoms with Gasteiger partial charge in [0.2, 0.25) is 11.8 Å². The van der Waals surface area contributed by atoms with Gasteiger partial charge in [0.25, 0.3) is 0 Å². The highest BCUT2D eigenvalue weighted by molar-refractivity contribution is 5.95. The summed E-state index contributed by atoms with van der Waals surface area (Å²) in [5.74, 6) is -0.998. The van der Waals surface area contributed by atoms with Crippen LogP contribution in [0.25, 0.3) is 0 Å². The molecule has 0 bridgehead atoms. The topological polar surface area (TPSA) is 89.4 Å². The third-order valence-corrected chi connectivity index (χ3v) is 2.56. The quantitative estimate of drug-likeness (QED) is 0.511. The van der Waals surface area contributed by atoms with E-state index in [4.69, 9.17) is 11.5 Å². The van der Waals surface area contributed by atoms with Crippen LogP contribution in [0.3, 0.4) is 0 Å². The summed E-state index contributed by atoms with van der Waals surface area (Å²) in [6.45, 7) is 3.56. The van der Waals surface area contributed by atoms with E-state index in [1.165, 1.54) is 6.08 Å². The van der Waals surface area contributed by atoms with Crippen LogP contribution >= 0.6 is 0 Å². The molecule has 0 spiro atoms. The number of carbonyl (C=O) groups is 2. The lowest BCUT2D eigenvalue weighted by molar-refractivity contribution is -0.115. The molecule has 0 aromatic carbocycles. The van der Waals surface area contributed by atoms with Crippen molar-refractivity contribution in [3.63, 3.8) is 0 Å². The zero-order chi connectivity index (χ0) is 13.6. The molecule has 0 fully saturated rings. The number of rotatable bonds is 6. The molecule has 0 aliphatic carbocycles. The van der Waals surface area contributed by atoms with E-state index in [1.54, 1.807) is 13.0 Å². The van der Waals surface area contributed by atoms with Crippen LogP contribution in [-0.4, -0.2) is 36.9 Å². The van der Waals surface area contributed by atoms with Gasteiger partial charge < -0.3 is 16.4 Å². The van der Waals surface area contributed by atoms with Gasteiger partial charge >= 0.3 is 0 Å². The lowest BCUT2D eigenvalue weighted by Gasteiger charge is -2.23. The first kappa shape index (κ1) is 15.4. The molecule has 0 rings (SSSR count). The molecule has 1 unspecified atom stereocenters. The van der Waals surface area contributed by atoms with Crippen LogP contribution in [0.2, 0.25) is 0 Å². The second-order valence-electron chi connectivity index (χ2n) is 4.09. The zero-order valence-corrected chi connectivity index (χ0v) is 10.9. The van der Waals surface area contributed by atoms with Crippen LogP contribution < -0.4 is 11.5 Å². The second-order valence-corrected chi connectivity index (χ2v) is 4.09. The molecule has 5 heteroatoms. The van der Waals surface area contributed by atoms with Gasteiger partial charge in [-0.2, -0.15) is 0 Å². The molecule has 0 aliphatic heterocycles. The number of likely N-dealkylation sites (N-methyl/N-ethyl adjacent to an activating group) is 1. The molecule has 0 saturated carbocycles. The molecule has 1 atom stereocenters. The van der Waals surface area contributed by atoms with Crippen molar-refractivity contribution in [2.75, 3.05) is 14.1 Å². The van der Waals surface area contributed by atoms with Crippen molar-refractivity contribution in [2.24, 2.45) is 11.5 Å². The lowest BCUT2D eigenvalue weighted by Crippen LogP contribution is -2.35. The monoisotopic (exact) mass is 239 g/mol. The number of nitrogens with two attached hydrogens (primary N) is 2. The van der Waals surface area contributed by atoms with Crippen molar-refractivity contribution < 1.29 is 9.59 Å². The Balaban J connectivity index is 5.24. The first-order valence-corrected chi connectivity index (χ1v) is 5.45. The molecule has 0 heterocycles. The van der Waals surface area contributed by atoms with Gasteiger partial charge in [-0.1, -0.05) is 19.1 Å². The largest absolute Gasteiger partial charge is 0.366 e. The first-order chi connectivity index (χ1) is 7.81. The van der Waals surface area contributed by atoms with Crippen LogP contribution in [0, 0.1) is 0 Å². The summed E-state index contributed by atoms with van der Waals surface area (Å²) >= 11 is 0. The van der Waals surface area contributed by atoms with Crippen molar-refractivity contribution in [3.8, 4) is 0 Å². The van der Waals surface area contributed by atoms with Crippen LogP contribution in [0.4, 0.5) is 0 Å². The van der Waals surface area contributed by atoms with E-state index in [1.807, 2.05) is 25.9 Å². The van der Waals surface area contributed by atoms with E-state index in [-0.39, 0.29) is 6.04 Å². The van der Waals surface area contributed by atoms with Gasteiger partial charge in [-0.25, -0.2) is 0 Å². The summed E-state index contributed by atoms with van der Waals surface area (Å²) in [6.07, 6.45) is 3.84. The highest BCUT2D eigenvalue weighted by Gasteiger charge is 2.18. The van der Waals surface area contributed by atoms with Gasteiger partial charge in [-0.05, 0) is 27.4 Å². The molecule has 0 aromatic heterocycles. The number of amides is 2. The number of hydrogen-bond donors (Lipinski definition) is 2. The van der Waals surface area contributed by atoms with Crippen LogP contribution in [0.1, 0.15) is 20.3 Å². The van der Waals surface area contributed by atoms with Gasteiger partial charge in [-0.15, -0.1) is 0 Å². The number of hydrogen-bond acceptors (Lipinski definition) is 3. The van der Waals surface area contributed by atoms with Gasteiger partial charge in [0.05, 0.1) is 0 Å². The van der Waals surface area contributed by atoms with Crippen molar-refractivity contribution in [1.82, 2.24) is 4.90 Å². The summed E-state index contributed by atoms with van der Waals surface area (Å²) in [7, 11) is 3.74. The predicted molar refractivity (Wildman–Crippen MR) is 68.0 cm³/mol. The third-order valence-electron chi connectivity index (χ3n) is 2.56. The highest BCUT2D eigenvalue weighted by atomic mass is 16.1. The van der Waals surface area contributed by atoms with E-state index in [0.29, 0.717) is 11.1 Å². The molecule has 0 aliphatic rings. The van der Waals surface area contributed by atoms with E-state index in [2.05, 4.69) is 0 Å². The van der Waals surface area contributed by atoms with Gasteiger partial charge in [0.1, 0.15) is 0 Å². The summed E-state index contributed by atoms with van der Waals surface area (Å²) in [4.78, 5) is 24.1. The standard InChI is InChI=1S/C12H21N3O2/c1-5-10(15(3)4)9(12(14)17)7-6-8(2)11(13)16/h6-7,10H,5H2,1-4H3,(H2,13,16)(H2,14,17)/b8-6+,9-7-. The molecule has 5 nitrogen and oxygen atoms in total. The number of carbonyl (C=O) groups excluding carboxylic acids is 2. The van der Waals surface area contributed by atoms with E-state index >= 15 is 0 Å². The lowest BCUT2D eigenvalue weighted by atomic mass is 10.0. The van der Waals surface area contributed by atoms with E-state index in [0.717, 1.165) is 6.42 Å². The maximum atomic E-state index is 11.4. The Hall–Kier alpha value is -1.62. The molecule has 2 amide bonds. The van der Waals surface area contributed by atoms with Crippen LogP contribution in [0.15, 0.2) is 23.3 Å². The Morgan fingerprint density at radius 1 is 1.18 bits per heavy atom. The average Bonchev–Trinajstić information content (AvgIpc) is 2.22. The maximum Gasteiger partial charge on any atom is 0.246 e.